The van der Waals surface area contributed by atoms with Gasteiger partial charge in [-0.2, -0.15) is 0 Å². The van der Waals surface area contributed by atoms with Crippen molar-refractivity contribution in [2.45, 2.75) is 12.5 Å². The molecule has 3 rings (SSSR count). The number of hydrogen-bond acceptors (Lipinski definition) is 2. The van der Waals surface area contributed by atoms with Crippen molar-refractivity contribution in [1.29, 1.82) is 0 Å². The third-order valence-electron chi connectivity index (χ3n) is 3.47. The molecule has 2 nitrogen and oxygen atoms in total. The standard InChI is InChI=1S/C15H12F3NO/c16-11-3-2-10(13(17)14(11)18)15(19)9-1-4-12-8(7-9)5-6-20-12/h1-4,7,15H,5-6,19H2. The van der Waals surface area contributed by atoms with E-state index in [0.717, 1.165) is 23.8 Å². The van der Waals surface area contributed by atoms with Gasteiger partial charge in [-0.05, 0) is 23.3 Å². The minimum atomic E-state index is -1.50. The second kappa shape index (κ2) is 4.83. The average Bonchev–Trinajstić information content (AvgIpc) is 2.91. The van der Waals surface area contributed by atoms with Crippen LogP contribution in [-0.4, -0.2) is 6.61 Å². The molecule has 0 aliphatic carbocycles. The Kier molecular flexibility index (Phi) is 3.14. The molecule has 1 unspecified atom stereocenters. The van der Waals surface area contributed by atoms with E-state index in [1.807, 2.05) is 6.07 Å². The van der Waals surface area contributed by atoms with E-state index in [1.54, 1.807) is 12.1 Å². The van der Waals surface area contributed by atoms with E-state index in [9.17, 15) is 13.2 Å². The lowest BCUT2D eigenvalue weighted by atomic mass is 9.96. The van der Waals surface area contributed by atoms with Crippen LogP contribution in [0.3, 0.4) is 0 Å². The summed E-state index contributed by atoms with van der Waals surface area (Å²) in [6.07, 6.45) is 0.760. The summed E-state index contributed by atoms with van der Waals surface area (Å²) in [4.78, 5) is 0. The molecule has 1 aliphatic heterocycles. The molecule has 0 bridgehead atoms. The van der Waals surface area contributed by atoms with Crippen LogP contribution in [0.1, 0.15) is 22.7 Å². The van der Waals surface area contributed by atoms with Gasteiger partial charge in [-0.25, -0.2) is 13.2 Å². The summed E-state index contributed by atoms with van der Waals surface area (Å²) in [5, 5.41) is 0. The van der Waals surface area contributed by atoms with Gasteiger partial charge >= 0.3 is 0 Å². The largest absolute Gasteiger partial charge is 0.493 e. The summed E-state index contributed by atoms with van der Waals surface area (Å²) in [5.74, 6) is -3.18. The summed E-state index contributed by atoms with van der Waals surface area (Å²) >= 11 is 0. The molecule has 5 heteroatoms. The first-order chi connectivity index (χ1) is 9.58. The Labute approximate surface area is 114 Å². The molecule has 0 aromatic heterocycles. The molecule has 0 fully saturated rings. The zero-order valence-electron chi connectivity index (χ0n) is 10.5. The first-order valence-corrected chi connectivity index (χ1v) is 6.22. The summed E-state index contributed by atoms with van der Waals surface area (Å²) in [6.45, 7) is 0.605. The summed E-state index contributed by atoms with van der Waals surface area (Å²) in [7, 11) is 0. The van der Waals surface area contributed by atoms with Crippen LogP contribution in [0, 0.1) is 17.5 Å². The Morgan fingerprint density at radius 1 is 1.05 bits per heavy atom. The van der Waals surface area contributed by atoms with Crippen molar-refractivity contribution in [2.75, 3.05) is 6.61 Å². The van der Waals surface area contributed by atoms with Crippen molar-refractivity contribution in [3.63, 3.8) is 0 Å². The molecule has 2 N–H and O–H groups in total. The quantitative estimate of drug-likeness (QED) is 0.857. The molecular formula is C15H12F3NO. The van der Waals surface area contributed by atoms with Gasteiger partial charge in [-0.1, -0.05) is 18.2 Å². The lowest BCUT2D eigenvalue weighted by Gasteiger charge is -2.15. The zero-order chi connectivity index (χ0) is 14.3. The van der Waals surface area contributed by atoms with Crippen molar-refractivity contribution in [2.24, 2.45) is 5.73 Å². The van der Waals surface area contributed by atoms with Crippen LogP contribution >= 0.6 is 0 Å². The molecule has 1 heterocycles. The summed E-state index contributed by atoms with van der Waals surface area (Å²) in [5.41, 5.74) is 7.52. The summed E-state index contributed by atoms with van der Waals surface area (Å²) < 4.78 is 45.3. The van der Waals surface area contributed by atoms with Crippen LogP contribution < -0.4 is 10.5 Å². The van der Waals surface area contributed by atoms with E-state index in [1.165, 1.54) is 6.07 Å². The highest BCUT2D eigenvalue weighted by Gasteiger charge is 2.21. The van der Waals surface area contributed by atoms with Crippen molar-refractivity contribution in [1.82, 2.24) is 0 Å². The molecular weight excluding hydrogens is 267 g/mol. The van der Waals surface area contributed by atoms with E-state index < -0.39 is 23.5 Å². The minimum Gasteiger partial charge on any atom is -0.493 e. The maximum Gasteiger partial charge on any atom is 0.194 e. The van der Waals surface area contributed by atoms with Gasteiger partial charge < -0.3 is 10.5 Å². The molecule has 2 aromatic rings. The van der Waals surface area contributed by atoms with Crippen molar-refractivity contribution < 1.29 is 17.9 Å². The normalized spacial score (nSPS) is 14.8. The molecule has 1 atom stereocenters. The highest BCUT2D eigenvalue weighted by atomic mass is 19.2. The van der Waals surface area contributed by atoms with E-state index in [4.69, 9.17) is 10.5 Å². The topological polar surface area (TPSA) is 35.2 Å². The van der Waals surface area contributed by atoms with Crippen LogP contribution in [0.15, 0.2) is 30.3 Å². The zero-order valence-corrected chi connectivity index (χ0v) is 10.5. The molecule has 1 aliphatic rings. The fraction of sp³-hybridized carbons (Fsp3) is 0.200. The average molecular weight is 279 g/mol. The maximum atomic E-state index is 13.8. The first kappa shape index (κ1) is 13.0. The maximum absolute atomic E-state index is 13.8. The number of halogens is 3. The van der Waals surface area contributed by atoms with Gasteiger partial charge in [0.05, 0.1) is 12.6 Å². The van der Waals surface area contributed by atoms with Gasteiger partial charge in [0.25, 0.3) is 0 Å². The van der Waals surface area contributed by atoms with Crippen molar-refractivity contribution in [3.8, 4) is 5.75 Å². The molecule has 0 saturated heterocycles. The van der Waals surface area contributed by atoms with Crippen LogP contribution in [0.5, 0.6) is 5.75 Å². The Balaban J connectivity index is 2.00. The third kappa shape index (κ3) is 2.04. The smallest absolute Gasteiger partial charge is 0.194 e. The molecule has 104 valence electrons. The first-order valence-electron chi connectivity index (χ1n) is 6.22. The number of rotatable bonds is 2. The Morgan fingerprint density at radius 2 is 1.85 bits per heavy atom. The minimum absolute atomic E-state index is 0.0669. The van der Waals surface area contributed by atoms with Crippen LogP contribution in [0.4, 0.5) is 13.2 Å². The predicted octanol–water partition coefficient (Wildman–Crippen LogP) is 3.09. The number of nitrogens with two attached hydrogens (primary N) is 1. The highest BCUT2D eigenvalue weighted by Crippen LogP contribution is 2.31. The van der Waals surface area contributed by atoms with Crippen LogP contribution in [0.2, 0.25) is 0 Å². The summed E-state index contributed by atoms with van der Waals surface area (Å²) in [6, 6.07) is 6.47. The van der Waals surface area contributed by atoms with E-state index in [-0.39, 0.29) is 5.56 Å². The predicted molar refractivity (Wildman–Crippen MR) is 68.0 cm³/mol. The Bertz CT molecular complexity index is 672. The van der Waals surface area contributed by atoms with E-state index in [2.05, 4.69) is 0 Å². The number of benzene rings is 2. The van der Waals surface area contributed by atoms with E-state index in [0.29, 0.717) is 12.2 Å². The second-order valence-electron chi connectivity index (χ2n) is 4.71. The van der Waals surface area contributed by atoms with Crippen molar-refractivity contribution >= 4 is 0 Å². The number of fused-ring (bicyclic) bond motifs is 1. The molecule has 0 amide bonds. The highest BCUT2D eigenvalue weighted by molar-refractivity contribution is 5.43. The van der Waals surface area contributed by atoms with Gasteiger partial charge in [0.2, 0.25) is 0 Å². The fourth-order valence-electron chi connectivity index (χ4n) is 2.36. The van der Waals surface area contributed by atoms with Gasteiger partial charge in [0, 0.05) is 12.0 Å². The van der Waals surface area contributed by atoms with E-state index >= 15 is 0 Å². The Hall–Kier alpha value is -2.01. The number of hydrogen-bond donors (Lipinski definition) is 1. The molecule has 0 saturated carbocycles. The molecule has 0 spiro atoms. The monoisotopic (exact) mass is 279 g/mol. The van der Waals surface area contributed by atoms with Gasteiger partial charge in [0.1, 0.15) is 5.75 Å². The van der Waals surface area contributed by atoms with Gasteiger partial charge in [-0.3, -0.25) is 0 Å². The van der Waals surface area contributed by atoms with Gasteiger partial charge in [0.15, 0.2) is 17.5 Å². The second-order valence-corrected chi connectivity index (χ2v) is 4.71. The van der Waals surface area contributed by atoms with Crippen LogP contribution in [-0.2, 0) is 6.42 Å². The molecule has 2 aromatic carbocycles. The SMILES string of the molecule is NC(c1ccc2c(c1)CCO2)c1ccc(F)c(F)c1F. The molecule has 20 heavy (non-hydrogen) atoms. The fourth-order valence-corrected chi connectivity index (χ4v) is 2.36. The Morgan fingerprint density at radius 3 is 2.65 bits per heavy atom. The lowest BCUT2D eigenvalue weighted by molar-refractivity contribution is 0.357. The van der Waals surface area contributed by atoms with Crippen molar-refractivity contribution in [3.05, 3.63) is 64.5 Å². The number of ether oxygens (including phenoxy) is 1. The lowest BCUT2D eigenvalue weighted by Crippen LogP contribution is -2.15. The van der Waals surface area contributed by atoms with Crippen LogP contribution in [0.25, 0.3) is 0 Å². The third-order valence-corrected chi connectivity index (χ3v) is 3.47. The molecule has 0 radical (unpaired) electrons. The van der Waals surface area contributed by atoms with Gasteiger partial charge in [-0.15, -0.1) is 0 Å².